The minimum absolute atomic E-state index is 0.0737. The van der Waals surface area contributed by atoms with E-state index in [1.54, 1.807) is 30.1 Å². The molecular formula is C12H12N2O3S. The lowest BCUT2D eigenvalue weighted by atomic mass is 10.1. The van der Waals surface area contributed by atoms with Crippen LogP contribution in [0.5, 0.6) is 0 Å². The van der Waals surface area contributed by atoms with Gasteiger partial charge in [0.05, 0.1) is 10.3 Å². The highest BCUT2D eigenvalue weighted by molar-refractivity contribution is 7.99. The number of aliphatic hydroxyl groups is 1. The van der Waals surface area contributed by atoms with Crippen LogP contribution in [0.2, 0.25) is 0 Å². The van der Waals surface area contributed by atoms with Crippen LogP contribution in [0.1, 0.15) is 6.42 Å². The molecule has 0 amide bonds. The van der Waals surface area contributed by atoms with Gasteiger partial charge < -0.3 is 5.11 Å². The summed E-state index contributed by atoms with van der Waals surface area (Å²) in [6.45, 7) is 0.152. The number of nitro benzene ring substituents is 1. The molecule has 1 N–H and O–H groups in total. The molecule has 0 atom stereocenters. The predicted molar refractivity (Wildman–Crippen MR) is 70.8 cm³/mol. The molecule has 2 aromatic rings. The maximum Gasteiger partial charge on any atom is 0.278 e. The smallest absolute Gasteiger partial charge is 0.278 e. The van der Waals surface area contributed by atoms with Crippen molar-refractivity contribution in [1.29, 1.82) is 0 Å². The van der Waals surface area contributed by atoms with Gasteiger partial charge in [0.2, 0.25) is 0 Å². The Morgan fingerprint density at radius 1 is 1.33 bits per heavy atom. The number of fused-ring (bicyclic) bond motifs is 1. The number of aromatic nitrogens is 1. The number of rotatable bonds is 5. The van der Waals surface area contributed by atoms with Crippen molar-refractivity contribution in [3.05, 3.63) is 40.7 Å². The van der Waals surface area contributed by atoms with Gasteiger partial charge in [0.1, 0.15) is 0 Å². The summed E-state index contributed by atoms with van der Waals surface area (Å²) in [6.07, 6.45) is 3.85. The van der Waals surface area contributed by atoms with Gasteiger partial charge in [0, 0.05) is 41.1 Å². The highest BCUT2D eigenvalue weighted by Crippen LogP contribution is 2.33. The van der Waals surface area contributed by atoms with Crippen LogP contribution in [-0.2, 0) is 0 Å². The van der Waals surface area contributed by atoms with Crippen LogP contribution in [0.3, 0.4) is 0 Å². The number of thioether (sulfide) groups is 1. The first-order chi connectivity index (χ1) is 8.74. The fourth-order valence-corrected chi connectivity index (χ4v) is 2.67. The molecule has 0 fully saturated rings. The quantitative estimate of drug-likeness (QED) is 0.389. The van der Waals surface area contributed by atoms with Gasteiger partial charge in [0.15, 0.2) is 0 Å². The molecule has 2 rings (SSSR count). The van der Waals surface area contributed by atoms with E-state index in [4.69, 9.17) is 5.11 Å². The standard InChI is InChI=1S/C12H12N2O3S/c15-6-1-7-18-12-3-2-11(14(16)17)10-8-13-5-4-9(10)12/h2-5,8,15H,1,6-7H2. The second kappa shape index (κ2) is 5.79. The van der Waals surface area contributed by atoms with Crippen molar-refractivity contribution in [3.8, 4) is 0 Å². The van der Waals surface area contributed by atoms with Crippen molar-refractivity contribution in [2.24, 2.45) is 0 Å². The van der Waals surface area contributed by atoms with Crippen LogP contribution in [0.15, 0.2) is 35.5 Å². The molecule has 18 heavy (non-hydrogen) atoms. The molecule has 1 heterocycles. The third-order valence-corrected chi connectivity index (χ3v) is 3.67. The van der Waals surface area contributed by atoms with E-state index in [0.717, 1.165) is 16.0 Å². The zero-order chi connectivity index (χ0) is 13.0. The summed E-state index contributed by atoms with van der Waals surface area (Å²) < 4.78 is 0. The lowest BCUT2D eigenvalue weighted by Gasteiger charge is -2.05. The average molecular weight is 264 g/mol. The summed E-state index contributed by atoms with van der Waals surface area (Å²) in [7, 11) is 0. The highest BCUT2D eigenvalue weighted by Gasteiger charge is 2.14. The Labute approximate surface area is 108 Å². The molecule has 0 unspecified atom stereocenters. The summed E-state index contributed by atoms with van der Waals surface area (Å²) in [5.74, 6) is 0.783. The molecule has 0 aliphatic heterocycles. The number of hydrogen-bond donors (Lipinski definition) is 1. The number of hydrogen-bond acceptors (Lipinski definition) is 5. The number of pyridine rings is 1. The third-order valence-electron chi connectivity index (χ3n) is 2.51. The molecule has 0 saturated heterocycles. The monoisotopic (exact) mass is 264 g/mol. The van der Waals surface area contributed by atoms with Crippen LogP contribution in [-0.4, -0.2) is 27.4 Å². The largest absolute Gasteiger partial charge is 0.396 e. The molecule has 0 saturated carbocycles. The van der Waals surface area contributed by atoms with Gasteiger partial charge in [-0.25, -0.2) is 0 Å². The molecule has 5 nitrogen and oxygen atoms in total. The predicted octanol–water partition coefficient (Wildman–Crippen LogP) is 2.62. The molecule has 0 aliphatic carbocycles. The molecule has 6 heteroatoms. The van der Waals surface area contributed by atoms with Crippen molar-refractivity contribution in [1.82, 2.24) is 4.98 Å². The van der Waals surface area contributed by atoms with Gasteiger partial charge in [-0.2, -0.15) is 0 Å². The number of nitro groups is 1. The first-order valence-electron chi connectivity index (χ1n) is 5.49. The Kier molecular flexibility index (Phi) is 4.11. The van der Waals surface area contributed by atoms with Gasteiger partial charge in [0.25, 0.3) is 5.69 Å². The van der Waals surface area contributed by atoms with Gasteiger partial charge in [-0.3, -0.25) is 15.1 Å². The molecule has 1 aromatic heterocycles. The topological polar surface area (TPSA) is 76.3 Å². The van der Waals surface area contributed by atoms with Gasteiger partial charge in [-0.05, 0) is 18.6 Å². The SMILES string of the molecule is O=[N+]([O-])c1ccc(SCCCO)c2ccncc12. The summed E-state index contributed by atoms with van der Waals surface area (Å²) in [4.78, 5) is 15.4. The summed E-state index contributed by atoms with van der Waals surface area (Å²) in [6, 6.07) is 5.04. The minimum atomic E-state index is -0.397. The van der Waals surface area contributed by atoms with Crippen molar-refractivity contribution >= 4 is 28.2 Å². The molecule has 0 radical (unpaired) electrons. The Balaban J connectivity index is 2.44. The van der Waals surface area contributed by atoms with E-state index in [9.17, 15) is 10.1 Å². The Morgan fingerprint density at radius 2 is 2.17 bits per heavy atom. The molecule has 1 aromatic carbocycles. The van der Waals surface area contributed by atoms with Crippen molar-refractivity contribution < 1.29 is 10.0 Å². The minimum Gasteiger partial charge on any atom is -0.396 e. The summed E-state index contributed by atoms with van der Waals surface area (Å²) in [5, 5.41) is 21.1. The molecular weight excluding hydrogens is 252 g/mol. The van der Waals surface area contributed by atoms with E-state index in [0.29, 0.717) is 11.8 Å². The average Bonchev–Trinajstić information content (AvgIpc) is 2.38. The van der Waals surface area contributed by atoms with E-state index < -0.39 is 4.92 Å². The maximum absolute atomic E-state index is 10.9. The fraction of sp³-hybridized carbons (Fsp3) is 0.250. The van der Waals surface area contributed by atoms with Crippen LogP contribution < -0.4 is 0 Å². The molecule has 94 valence electrons. The van der Waals surface area contributed by atoms with Crippen LogP contribution in [0, 0.1) is 10.1 Å². The molecule has 0 bridgehead atoms. The Morgan fingerprint density at radius 3 is 2.89 bits per heavy atom. The second-order valence-electron chi connectivity index (χ2n) is 3.69. The molecule has 0 spiro atoms. The maximum atomic E-state index is 10.9. The third kappa shape index (κ3) is 2.60. The lowest BCUT2D eigenvalue weighted by molar-refractivity contribution is -0.383. The van der Waals surface area contributed by atoms with E-state index in [-0.39, 0.29) is 12.3 Å². The van der Waals surface area contributed by atoms with Crippen LogP contribution in [0.4, 0.5) is 5.69 Å². The number of aliphatic hydroxyl groups excluding tert-OH is 1. The van der Waals surface area contributed by atoms with E-state index >= 15 is 0 Å². The van der Waals surface area contributed by atoms with Gasteiger partial charge in [-0.1, -0.05) is 0 Å². The van der Waals surface area contributed by atoms with Crippen molar-refractivity contribution in [2.75, 3.05) is 12.4 Å². The van der Waals surface area contributed by atoms with Crippen molar-refractivity contribution in [2.45, 2.75) is 11.3 Å². The first-order valence-corrected chi connectivity index (χ1v) is 6.47. The van der Waals surface area contributed by atoms with Gasteiger partial charge >= 0.3 is 0 Å². The fourth-order valence-electron chi connectivity index (χ4n) is 1.68. The summed E-state index contributed by atoms with van der Waals surface area (Å²) in [5.41, 5.74) is 0.0737. The van der Waals surface area contributed by atoms with E-state index in [2.05, 4.69) is 4.98 Å². The molecule has 0 aliphatic rings. The van der Waals surface area contributed by atoms with Gasteiger partial charge in [-0.15, -0.1) is 11.8 Å². The number of non-ortho nitro benzene ring substituents is 1. The summed E-state index contributed by atoms with van der Waals surface area (Å²) >= 11 is 1.58. The Bertz CT molecular complexity index is 574. The van der Waals surface area contributed by atoms with E-state index in [1.807, 2.05) is 0 Å². The van der Waals surface area contributed by atoms with Crippen molar-refractivity contribution in [3.63, 3.8) is 0 Å². The number of nitrogens with zero attached hydrogens (tertiary/aromatic N) is 2. The lowest BCUT2D eigenvalue weighted by Crippen LogP contribution is -1.92. The van der Waals surface area contributed by atoms with Crippen LogP contribution in [0.25, 0.3) is 10.8 Å². The van der Waals surface area contributed by atoms with E-state index in [1.165, 1.54) is 12.3 Å². The zero-order valence-corrected chi connectivity index (χ0v) is 10.4. The second-order valence-corrected chi connectivity index (χ2v) is 4.82. The highest BCUT2D eigenvalue weighted by atomic mass is 32.2. The van der Waals surface area contributed by atoms with Crippen LogP contribution >= 0.6 is 11.8 Å². The first kappa shape index (κ1) is 12.8. The Hall–Kier alpha value is -1.66. The number of benzene rings is 1. The zero-order valence-electron chi connectivity index (χ0n) is 9.57. The normalized spacial score (nSPS) is 10.7.